The molecule has 3 rings (SSSR count). The van der Waals surface area contributed by atoms with Crippen molar-refractivity contribution in [1.29, 1.82) is 0 Å². The van der Waals surface area contributed by atoms with Crippen molar-refractivity contribution in [3.8, 4) is 0 Å². The summed E-state index contributed by atoms with van der Waals surface area (Å²) in [4.78, 5) is 23.8. The second kappa shape index (κ2) is 7.89. The number of nitrogens with one attached hydrogen (secondary N) is 2. The summed E-state index contributed by atoms with van der Waals surface area (Å²) in [7, 11) is -2.18. The van der Waals surface area contributed by atoms with Gasteiger partial charge in [0.15, 0.2) is 0 Å². The minimum absolute atomic E-state index is 0.0551. The maximum atomic E-state index is 12.2. The average Bonchev–Trinajstić information content (AvgIpc) is 3.49. The van der Waals surface area contributed by atoms with Gasteiger partial charge in [0.1, 0.15) is 0 Å². The van der Waals surface area contributed by atoms with Crippen molar-refractivity contribution in [3.05, 3.63) is 65.2 Å². The van der Waals surface area contributed by atoms with E-state index in [4.69, 9.17) is 0 Å². The fraction of sp³-hybridized carbons (Fsp3) is 0.263. The zero-order valence-electron chi connectivity index (χ0n) is 14.8. The number of esters is 1. The Labute approximate surface area is 157 Å². The lowest BCUT2D eigenvalue weighted by Gasteiger charge is -2.08. The van der Waals surface area contributed by atoms with Crippen molar-refractivity contribution in [2.24, 2.45) is 0 Å². The molecule has 1 saturated carbocycles. The van der Waals surface area contributed by atoms with Gasteiger partial charge in [-0.05, 0) is 54.8 Å². The Morgan fingerprint density at radius 3 is 2.15 bits per heavy atom. The summed E-state index contributed by atoms with van der Waals surface area (Å²) in [6.07, 6.45) is 1.76. The standard InChI is InChI=1S/C19H20N2O5S/c1-26-19(23)15-6-4-14(5-7-15)18(22)20-12-13-2-10-17(11-3-13)27(24,25)21-16-8-9-16/h2-7,10-11,16,21H,8-9,12H2,1H3,(H,20,22). The average molecular weight is 388 g/mol. The van der Waals surface area contributed by atoms with Crippen LogP contribution in [0.25, 0.3) is 0 Å². The van der Waals surface area contributed by atoms with Crippen LogP contribution in [0.5, 0.6) is 0 Å². The van der Waals surface area contributed by atoms with E-state index in [0.29, 0.717) is 11.1 Å². The molecule has 0 unspecified atom stereocenters. The van der Waals surface area contributed by atoms with Crippen LogP contribution in [0.15, 0.2) is 53.4 Å². The van der Waals surface area contributed by atoms with Gasteiger partial charge in [0.25, 0.3) is 5.91 Å². The Balaban J connectivity index is 1.57. The first-order valence-electron chi connectivity index (χ1n) is 8.47. The molecule has 2 aromatic carbocycles. The molecule has 0 saturated heterocycles. The molecule has 0 aromatic heterocycles. The third-order valence-electron chi connectivity index (χ3n) is 4.15. The second-order valence-electron chi connectivity index (χ2n) is 6.29. The molecule has 0 spiro atoms. The molecule has 8 heteroatoms. The van der Waals surface area contributed by atoms with E-state index in [1.54, 1.807) is 24.3 Å². The minimum atomic E-state index is -3.48. The van der Waals surface area contributed by atoms with E-state index in [0.717, 1.165) is 18.4 Å². The van der Waals surface area contributed by atoms with E-state index in [1.807, 2.05) is 0 Å². The fourth-order valence-corrected chi connectivity index (χ4v) is 3.74. The molecule has 0 heterocycles. The van der Waals surface area contributed by atoms with Gasteiger partial charge in [-0.15, -0.1) is 0 Å². The molecule has 0 radical (unpaired) electrons. The number of benzene rings is 2. The lowest BCUT2D eigenvalue weighted by Crippen LogP contribution is -2.26. The van der Waals surface area contributed by atoms with Crippen LogP contribution in [0.4, 0.5) is 0 Å². The molecule has 0 aliphatic heterocycles. The number of carbonyl (C=O) groups excluding carboxylic acids is 2. The number of hydrogen-bond donors (Lipinski definition) is 2. The molecule has 0 bridgehead atoms. The topological polar surface area (TPSA) is 102 Å². The third-order valence-corrected chi connectivity index (χ3v) is 5.69. The largest absolute Gasteiger partial charge is 0.465 e. The summed E-state index contributed by atoms with van der Waals surface area (Å²) in [5, 5.41) is 2.76. The molecule has 2 aromatic rings. The highest BCUT2D eigenvalue weighted by molar-refractivity contribution is 7.89. The van der Waals surface area contributed by atoms with Crippen LogP contribution in [0.3, 0.4) is 0 Å². The molecule has 1 amide bonds. The van der Waals surface area contributed by atoms with Crippen LogP contribution in [0.2, 0.25) is 0 Å². The first-order valence-corrected chi connectivity index (χ1v) is 9.95. The van der Waals surface area contributed by atoms with E-state index in [1.165, 1.54) is 31.4 Å². The Bertz CT molecular complexity index is 933. The molecule has 142 valence electrons. The lowest BCUT2D eigenvalue weighted by atomic mass is 10.1. The van der Waals surface area contributed by atoms with E-state index >= 15 is 0 Å². The summed E-state index contributed by atoms with van der Waals surface area (Å²) in [5.74, 6) is -0.758. The van der Waals surface area contributed by atoms with Gasteiger partial charge >= 0.3 is 5.97 Å². The van der Waals surface area contributed by atoms with Gasteiger partial charge in [-0.3, -0.25) is 4.79 Å². The van der Waals surface area contributed by atoms with Gasteiger partial charge in [0.05, 0.1) is 17.6 Å². The number of ether oxygens (including phenoxy) is 1. The van der Waals surface area contributed by atoms with Crippen LogP contribution in [0, 0.1) is 0 Å². The molecular formula is C19H20N2O5S. The quantitative estimate of drug-likeness (QED) is 0.705. The van der Waals surface area contributed by atoms with E-state index in [9.17, 15) is 18.0 Å². The summed E-state index contributed by atoms with van der Waals surface area (Å²) < 4.78 is 31.5. The smallest absolute Gasteiger partial charge is 0.337 e. The van der Waals surface area contributed by atoms with Crippen LogP contribution in [-0.4, -0.2) is 33.4 Å². The zero-order valence-corrected chi connectivity index (χ0v) is 15.6. The van der Waals surface area contributed by atoms with Crippen molar-refractivity contribution >= 4 is 21.9 Å². The maximum Gasteiger partial charge on any atom is 0.337 e. The van der Waals surface area contributed by atoms with Crippen molar-refractivity contribution in [2.75, 3.05) is 7.11 Å². The monoisotopic (exact) mass is 388 g/mol. The van der Waals surface area contributed by atoms with E-state index in [-0.39, 0.29) is 23.4 Å². The first kappa shape index (κ1) is 19.1. The molecular weight excluding hydrogens is 368 g/mol. The number of rotatable bonds is 7. The van der Waals surface area contributed by atoms with Crippen LogP contribution in [0.1, 0.15) is 39.1 Å². The highest BCUT2D eigenvalue weighted by Crippen LogP contribution is 2.22. The van der Waals surface area contributed by atoms with Crippen molar-refractivity contribution in [3.63, 3.8) is 0 Å². The molecule has 0 atom stereocenters. The summed E-state index contributed by atoms with van der Waals surface area (Å²) >= 11 is 0. The number of hydrogen-bond acceptors (Lipinski definition) is 5. The van der Waals surface area contributed by atoms with Gasteiger partial charge < -0.3 is 10.1 Å². The number of sulfonamides is 1. The van der Waals surface area contributed by atoms with Gasteiger partial charge in [0, 0.05) is 18.2 Å². The van der Waals surface area contributed by atoms with Crippen LogP contribution >= 0.6 is 0 Å². The van der Waals surface area contributed by atoms with Gasteiger partial charge in [-0.1, -0.05) is 12.1 Å². The highest BCUT2D eigenvalue weighted by atomic mass is 32.2. The number of carbonyl (C=O) groups is 2. The Morgan fingerprint density at radius 2 is 1.59 bits per heavy atom. The maximum absolute atomic E-state index is 12.2. The van der Waals surface area contributed by atoms with Gasteiger partial charge in [-0.25, -0.2) is 17.9 Å². The molecule has 1 fully saturated rings. The zero-order chi connectivity index (χ0) is 19.4. The lowest BCUT2D eigenvalue weighted by molar-refractivity contribution is 0.0600. The number of methoxy groups -OCH3 is 1. The van der Waals surface area contributed by atoms with Crippen molar-refractivity contribution < 1.29 is 22.7 Å². The summed E-state index contributed by atoms with van der Waals surface area (Å²) in [6, 6.07) is 12.6. The molecule has 7 nitrogen and oxygen atoms in total. The third kappa shape index (κ3) is 4.93. The molecule has 2 N–H and O–H groups in total. The summed E-state index contributed by atoms with van der Waals surface area (Å²) in [5.41, 5.74) is 1.56. The molecule has 1 aliphatic carbocycles. The van der Waals surface area contributed by atoms with Crippen LogP contribution in [-0.2, 0) is 21.3 Å². The van der Waals surface area contributed by atoms with Gasteiger partial charge in [0.2, 0.25) is 10.0 Å². The Kier molecular flexibility index (Phi) is 5.57. The van der Waals surface area contributed by atoms with Crippen molar-refractivity contribution in [2.45, 2.75) is 30.3 Å². The Hall–Kier alpha value is -2.71. The highest BCUT2D eigenvalue weighted by Gasteiger charge is 2.27. The number of amides is 1. The van der Waals surface area contributed by atoms with E-state index < -0.39 is 16.0 Å². The predicted molar refractivity (Wildman–Crippen MR) is 98.7 cm³/mol. The second-order valence-corrected chi connectivity index (χ2v) is 8.01. The SMILES string of the molecule is COC(=O)c1ccc(C(=O)NCc2ccc(S(=O)(=O)NC3CC3)cc2)cc1. The van der Waals surface area contributed by atoms with Crippen LogP contribution < -0.4 is 10.0 Å². The summed E-state index contributed by atoms with van der Waals surface area (Å²) in [6.45, 7) is 0.258. The molecule has 1 aliphatic rings. The first-order chi connectivity index (χ1) is 12.9. The van der Waals surface area contributed by atoms with Gasteiger partial charge in [-0.2, -0.15) is 0 Å². The van der Waals surface area contributed by atoms with E-state index in [2.05, 4.69) is 14.8 Å². The Morgan fingerprint density at radius 1 is 1.00 bits per heavy atom. The molecule has 27 heavy (non-hydrogen) atoms. The normalized spacial score (nSPS) is 13.8. The van der Waals surface area contributed by atoms with Crippen molar-refractivity contribution in [1.82, 2.24) is 10.0 Å². The minimum Gasteiger partial charge on any atom is -0.465 e. The predicted octanol–water partition coefficient (Wildman–Crippen LogP) is 1.84. The fourth-order valence-electron chi connectivity index (χ4n) is 2.44.